The molecule has 0 radical (unpaired) electrons. The molecule has 0 atom stereocenters. The van der Waals surface area contributed by atoms with Gasteiger partial charge in [0, 0.05) is 6.54 Å². The van der Waals surface area contributed by atoms with Gasteiger partial charge in [0.15, 0.2) is 16.6 Å². The molecule has 0 aliphatic heterocycles. The van der Waals surface area contributed by atoms with Crippen LogP contribution in [0.2, 0.25) is 0 Å². The molecule has 0 fully saturated rings. The number of rotatable bonds is 7. The second kappa shape index (κ2) is 10.3. The monoisotopic (exact) mass is 483 g/mol. The molecule has 0 aromatic heterocycles. The van der Waals surface area contributed by atoms with Gasteiger partial charge in [0.1, 0.15) is 6.61 Å². The van der Waals surface area contributed by atoms with Gasteiger partial charge in [-0.3, -0.25) is 5.43 Å². The van der Waals surface area contributed by atoms with Crippen molar-refractivity contribution in [2.75, 3.05) is 13.7 Å². The Kier molecular flexibility index (Phi) is 8.11. The highest BCUT2D eigenvalue weighted by Crippen LogP contribution is 2.34. The lowest BCUT2D eigenvalue weighted by atomic mass is 10.1. The van der Waals surface area contributed by atoms with Crippen molar-refractivity contribution in [1.82, 2.24) is 10.7 Å². The van der Waals surface area contributed by atoms with Crippen LogP contribution in [0.25, 0.3) is 0 Å². The fraction of sp³-hybridized carbons (Fsp3) is 0.263. The molecule has 0 amide bonds. The minimum absolute atomic E-state index is 0.486. The van der Waals surface area contributed by atoms with E-state index < -0.39 is 0 Å². The van der Waals surface area contributed by atoms with Gasteiger partial charge in [0.05, 0.1) is 16.9 Å². The first kappa shape index (κ1) is 20.4. The van der Waals surface area contributed by atoms with Gasteiger partial charge in [-0.15, -0.1) is 0 Å². The molecule has 5 nitrogen and oxygen atoms in total. The molecule has 2 aromatic carbocycles. The molecule has 0 bridgehead atoms. The van der Waals surface area contributed by atoms with E-state index in [2.05, 4.69) is 57.5 Å². The Labute approximate surface area is 173 Å². The van der Waals surface area contributed by atoms with Gasteiger partial charge in [-0.05, 0) is 71.9 Å². The third-order valence-corrected chi connectivity index (χ3v) is 4.47. The van der Waals surface area contributed by atoms with Crippen molar-refractivity contribution in [2.45, 2.75) is 20.5 Å². The zero-order chi connectivity index (χ0) is 18.9. The van der Waals surface area contributed by atoms with E-state index in [0.29, 0.717) is 17.5 Å². The van der Waals surface area contributed by atoms with E-state index in [1.165, 1.54) is 5.56 Å². The Hall–Kier alpha value is -1.87. The van der Waals surface area contributed by atoms with Crippen molar-refractivity contribution >= 4 is 46.1 Å². The summed E-state index contributed by atoms with van der Waals surface area (Å²) in [5, 5.41) is 7.59. The van der Waals surface area contributed by atoms with E-state index in [9.17, 15) is 0 Å². The smallest absolute Gasteiger partial charge is 0.186 e. The molecule has 0 aliphatic rings. The van der Waals surface area contributed by atoms with Crippen molar-refractivity contribution in [3.8, 4) is 11.5 Å². The molecule has 7 heteroatoms. The largest absolute Gasteiger partial charge is 0.493 e. The van der Waals surface area contributed by atoms with E-state index in [4.69, 9.17) is 21.7 Å². The highest BCUT2D eigenvalue weighted by Gasteiger charge is 2.11. The van der Waals surface area contributed by atoms with Crippen LogP contribution < -0.4 is 20.2 Å². The normalized spacial score (nSPS) is 10.6. The maximum atomic E-state index is 6.01. The number of hydrogen-bond acceptors (Lipinski definition) is 4. The fourth-order valence-electron chi connectivity index (χ4n) is 2.28. The molecule has 2 rings (SSSR count). The van der Waals surface area contributed by atoms with Gasteiger partial charge in [-0.25, -0.2) is 0 Å². The highest BCUT2D eigenvalue weighted by atomic mass is 127. The summed E-state index contributed by atoms with van der Waals surface area (Å²) in [6, 6.07) is 12.1. The predicted octanol–water partition coefficient (Wildman–Crippen LogP) is 4.01. The standard InChI is InChI=1S/C19H22IN3O2S/c1-4-21-19(26)23-22-11-15-9-16(20)18(17(10-15)24-3)25-12-14-7-5-6-13(2)8-14/h5-11H,4,12H2,1-3H3,(H2,21,23,26)/b22-11-. The molecular formula is C19H22IN3O2S. The second-order valence-electron chi connectivity index (χ2n) is 5.54. The average molecular weight is 483 g/mol. The van der Waals surface area contributed by atoms with Gasteiger partial charge in [0.2, 0.25) is 0 Å². The van der Waals surface area contributed by atoms with Gasteiger partial charge < -0.3 is 14.8 Å². The lowest BCUT2D eigenvalue weighted by molar-refractivity contribution is 0.282. The number of benzene rings is 2. The Balaban J connectivity index is 2.10. The Morgan fingerprint density at radius 2 is 2.12 bits per heavy atom. The lowest BCUT2D eigenvalue weighted by Gasteiger charge is -2.14. The van der Waals surface area contributed by atoms with Crippen LogP contribution in [0.3, 0.4) is 0 Å². The number of ether oxygens (including phenoxy) is 2. The molecule has 0 spiro atoms. The van der Waals surface area contributed by atoms with E-state index in [0.717, 1.165) is 27.0 Å². The summed E-state index contributed by atoms with van der Waals surface area (Å²) in [5.41, 5.74) is 5.99. The van der Waals surface area contributed by atoms with E-state index in [1.54, 1.807) is 13.3 Å². The quantitative estimate of drug-likeness (QED) is 0.270. The number of hydrogen-bond donors (Lipinski definition) is 2. The van der Waals surface area contributed by atoms with Crippen molar-refractivity contribution in [1.29, 1.82) is 0 Å². The average Bonchev–Trinajstić information content (AvgIpc) is 2.60. The topological polar surface area (TPSA) is 54.9 Å². The molecular weight excluding hydrogens is 461 g/mol. The van der Waals surface area contributed by atoms with E-state index >= 15 is 0 Å². The number of aryl methyl sites for hydroxylation is 1. The van der Waals surface area contributed by atoms with Gasteiger partial charge in [-0.1, -0.05) is 29.8 Å². The second-order valence-corrected chi connectivity index (χ2v) is 7.11. The molecule has 0 heterocycles. The number of nitrogens with one attached hydrogen (secondary N) is 2. The minimum atomic E-state index is 0.486. The van der Waals surface area contributed by atoms with Crippen molar-refractivity contribution < 1.29 is 9.47 Å². The van der Waals surface area contributed by atoms with Gasteiger partial charge in [0.25, 0.3) is 0 Å². The summed E-state index contributed by atoms with van der Waals surface area (Å²) in [7, 11) is 1.63. The van der Waals surface area contributed by atoms with Crippen LogP contribution in [0.5, 0.6) is 11.5 Å². The third kappa shape index (κ3) is 6.14. The number of hydrazone groups is 1. The molecule has 0 aliphatic carbocycles. The van der Waals surface area contributed by atoms with Crippen LogP contribution in [0.4, 0.5) is 0 Å². The van der Waals surface area contributed by atoms with Crippen molar-refractivity contribution in [3.63, 3.8) is 0 Å². The Morgan fingerprint density at radius 1 is 1.31 bits per heavy atom. The summed E-state index contributed by atoms with van der Waals surface area (Å²) in [4.78, 5) is 0. The SMILES string of the molecule is CCNC(=S)N/N=C\c1cc(I)c(OCc2cccc(C)c2)c(OC)c1. The first-order valence-electron chi connectivity index (χ1n) is 8.16. The molecule has 0 unspecified atom stereocenters. The zero-order valence-electron chi connectivity index (χ0n) is 15.0. The van der Waals surface area contributed by atoms with Crippen molar-refractivity contribution in [2.24, 2.45) is 5.10 Å². The van der Waals surface area contributed by atoms with E-state index in [1.807, 2.05) is 31.2 Å². The maximum Gasteiger partial charge on any atom is 0.186 e. The summed E-state index contributed by atoms with van der Waals surface area (Å²) in [5.74, 6) is 1.39. The van der Waals surface area contributed by atoms with Crippen LogP contribution in [0.1, 0.15) is 23.6 Å². The third-order valence-electron chi connectivity index (χ3n) is 3.43. The Bertz CT molecular complexity index is 796. The highest BCUT2D eigenvalue weighted by molar-refractivity contribution is 14.1. The number of thiocarbonyl (C=S) groups is 1. The number of nitrogens with zero attached hydrogens (tertiary/aromatic N) is 1. The molecule has 138 valence electrons. The first-order chi connectivity index (χ1) is 12.5. The molecule has 0 saturated heterocycles. The lowest BCUT2D eigenvalue weighted by Crippen LogP contribution is -2.31. The molecule has 2 N–H and O–H groups in total. The first-order valence-corrected chi connectivity index (χ1v) is 9.65. The van der Waals surface area contributed by atoms with Crippen molar-refractivity contribution in [3.05, 3.63) is 56.7 Å². The molecule has 2 aromatic rings. The summed E-state index contributed by atoms with van der Waals surface area (Å²) in [6.07, 6.45) is 1.69. The summed E-state index contributed by atoms with van der Waals surface area (Å²) in [6.45, 7) is 5.28. The minimum Gasteiger partial charge on any atom is -0.493 e. The fourth-order valence-corrected chi connectivity index (χ4v) is 3.26. The zero-order valence-corrected chi connectivity index (χ0v) is 18.0. The Morgan fingerprint density at radius 3 is 2.81 bits per heavy atom. The van der Waals surface area contributed by atoms with Crippen LogP contribution in [0, 0.1) is 10.5 Å². The predicted molar refractivity (Wildman–Crippen MR) is 118 cm³/mol. The van der Waals surface area contributed by atoms with Crippen LogP contribution in [-0.2, 0) is 6.61 Å². The molecule has 0 saturated carbocycles. The summed E-state index contributed by atoms with van der Waals surface area (Å²) >= 11 is 7.31. The van der Waals surface area contributed by atoms with Crippen LogP contribution in [-0.4, -0.2) is 25.0 Å². The maximum absolute atomic E-state index is 6.01. The number of methoxy groups -OCH3 is 1. The number of halogens is 1. The molecule has 26 heavy (non-hydrogen) atoms. The van der Waals surface area contributed by atoms with Gasteiger partial charge >= 0.3 is 0 Å². The van der Waals surface area contributed by atoms with E-state index in [-0.39, 0.29) is 0 Å². The van der Waals surface area contributed by atoms with Gasteiger partial charge in [-0.2, -0.15) is 5.10 Å². The summed E-state index contributed by atoms with van der Waals surface area (Å²) < 4.78 is 12.5. The van der Waals surface area contributed by atoms with Crippen LogP contribution >= 0.6 is 34.8 Å². The van der Waals surface area contributed by atoms with Crippen LogP contribution in [0.15, 0.2) is 41.5 Å².